The van der Waals surface area contributed by atoms with Crippen molar-refractivity contribution in [2.24, 2.45) is 0 Å². The Labute approximate surface area is 140 Å². The Morgan fingerprint density at radius 3 is 2.79 bits per heavy atom. The summed E-state index contributed by atoms with van der Waals surface area (Å²) in [7, 11) is 1.63. The molecule has 0 aliphatic rings. The molecule has 0 saturated carbocycles. The van der Waals surface area contributed by atoms with Gasteiger partial charge < -0.3 is 19.7 Å². The maximum Gasteiger partial charge on any atom is 0.244 e. The standard InChI is InChI=1S/C19H20N2O3/c1-13-3-4-14(12-22)9-17(13)20-19(23)11-21-8-7-15-10-16(24-2)5-6-18(15)21/h3-10,22H,11-12H2,1-2H3,(H,20,23). The smallest absolute Gasteiger partial charge is 0.244 e. The number of aromatic nitrogens is 1. The van der Waals surface area contributed by atoms with Crippen LogP contribution in [0.2, 0.25) is 0 Å². The molecule has 2 N–H and O–H groups in total. The maximum absolute atomic E-state index is 12.4. The van der Waals surface area contributed by atoms with Crippen molar-refractivity contribution in [1.29, 1.82) is 0 Å². The van der Waals surface area contributed by atoms with Gasteiger partial charge >= 0.3 is 0 Å². The number of rotatable bonds is 5. The molecule has 0 aliphatic carbocycles. The van der Waals surface area contributed by atoms with E-state index in [1.165, 1.54) is 0 Å². The number of nitrogens with one attached hydrogen (secondary N) is 1. The molecule has 1 amide bonds. The van der Waals surface area contributed by atoms with Crippen molar-refractivity contribution in [2.75, 3.05) is 12.4 Å². The van der Waals surface area contributed by atoms with Gasteiger partial charge in [0.25, 0.3) is 0 Å². The van der Waals surface area contributed by atoms with Crippen molar-refractivity contribution in [3.8, 4) is 5.75 Å². The predicted molar refractivity (Wildman–Crippen MR) is 94.2 cm³/mol. The Morgan fingerprint density at radius 2 is 2.04 bits per heavy atom. The second-order valence-corrected chi connectivity index (χ2v) is 5.72. The number of anilines is 1. The minimum Gasteiger partial charge on any atom is -0.497 e. The molecule has 3 rings (SSSR count). The van der Waals surface area contributed by atoms with E-state index in [1.807, 2.05) is 54.1 Å². The molecule has 3 aromatic rings. The van der Waals surface area contributed by atoms with Crippen LogP contribution in [-0.2, 0) is 17.9 Å². The first-order valence-electron chi connectivity index (χ1n) is 7.74. The maximum atomic E-state index is 12.4. The van der Waals surface area contributed by atoms with Gasteiger partial charge in [-0.05, 0) is 48.4 Å². The van der Waals surface area contributed by atoms with E-state index in [1.54, 1.807) is 13.2 Å². The summed E-state index contributed by atoms with van der Waals surface area (Å²) in [6.07, 6.45) is 1.89. The van der Waals surface area contributed by atoms with E-state index in [-0.39, 0.29) is 19.1 Å². The van der Waals surface area contributed by atoms with Gasteiger partial charge in [0.05, 0.1) is 13.7 Å². The molecule has 0 spiro atoms. The van der Waals surface area contributed by atoms with Gasteiger partial charge in [0.1, 0.15) is 12.3 Å². The first kappa shape index (κ1) is 16.1. The Morgan fingerprint density at radius 1 is 1.21 bits per heavy atom. The molecule has 1 aromatic heterocycles. The number of hydrogen-bond acceptors (Lipinski definition) is 3. The second kappa shape index (κ2) is 6.76. The van der Waals surface area contributed by atoms with Crippen LogP contribution in [0.15, 0.2) is 48.7 Å². The number of aliphatic hydroxyl groups is 1. The van der Waals surface area contributed by atoms with Crippen LogP contribution < -0.4 is 10.1 Å². The number of aryl methyl sites for hydroxylation is 1. The minimum absolute atomic E-state index is 0.0484. The van der Waals surface area contributed by atoms with Gasteiger partial charge in [-0.1, -0.05) is 12.1 Å². The van der Waals surface area contributed by atoms with Gasteiger partial charge in [-0.2, -0.15) is 0 Å². The van der Waals surface area contributed by atoms with Crippen molar-refractivity contribution in [3.63, 3.8) is 0 Å². The number of fused-ring (bicyclic) bond motifs is 1. The highest BCUT2D eigenvalue weighted by Gasteiger charge is 2.09. The highest BCUT2D eigenvalue weighted by molar-refractivity contribution is 5.93. The van der Waals surface area contributed by atoms with Crippen molar-refractivity contribution in [1.82, 2.24) is 4.57 Å². The second-order valence-electron chi connectivity index (χ2n) is 5.72. The molecule has 0 aliphatic heterocycles. The number of carbonyl (C=O) groups excluding carboxylic acids is 1. The quantitative estimate of drug-likeness (QED) is 0.758. The molecule has 0 radical (unpaired) electrons. The summed E-state index contributed by atoms with van der Waals surface area (Å²) >= 11 is 0. The Balaban J connectivity index is 1.78. The van der Waals surface area contributed by atoms with E-state index < -0.39 is 0 Å². The highest BCUT2D eigenvalue weighted by Crippen LogP contribution is 2.22. The van der Waals surface area contributed by atoms with Gasteiger partial charge in [-0.25, -0.2) is 0 Å². The molecule has 0 unspecified atom stereocenters. The first-order chi connectivity index (χ1) is 11.6. The zero-order valence-corrected chi connectivity index (χ0v) is 13.7. The van der Waals surface area contributed by atoms with Crippen LogP contribution in [-0.4, -0.2) is 22.7 Å². The molecule has 0 atom stereocenters. The summed E-state index contributed by atoms with van der Waals surface area (Å²) in [6, 6.07) is 13.3. The van der Waals surface area contributed by atoms with Crippen LogP contribution in [0.4, 0.5) is 5.69 Å². The number of benzene rings is 2. The number of methoxy groups -OCH3 is 1. The van der Waals surface area contributed by atoms with Crippen molar-refractivity contribution >= 4 is 22.5 Å². The Bertz CT molecular complexity index is 883. The summed E-state index contributed by atoms with van der Waals surface area (Å²) in [6.45, 7) is 2.10. The van der Waals surface area contributed by atoms with Gasteiger partial charge in [-0.3, -0.25) is 4.79 Å². The van der Waals surface area contributed by atoms with E-state index in [4.69, 9.17) is 4.74 Å². The minimum atomic E-state index is -0.110. The molecular formula is C19H20N2O3. The molecule has 1 heterocycles. The zero-order valence-electron chi connectivity index (χ0n) is 13.7. The topological polar surface area (TPSA) is 63.5 Å². The van der Waals surface area contributed by atoms with Crippen molar-refractivity contribution in [3.05, 3.63) is 59.8 Å². The molecule has 124 valence electrons. The van der Waals surface area contributed by atoms with Crippen LogP contribution in [0.1, 0.15) is 11.1 Å². The molecule has 24 heavy (non-hydrogen) atoms. The number of aliphatic hydroxyl groups excluding tert-OH is 1. The monoisotopic (exact) mass is 324 g/mol. The van der Waals surface area contributed by atoms with E-state index in [0.717, 1.165) is 33.5 Å². The zero-order chi connectivity index (χ0) is 17.1. The third-order valence-electron chi connectivity index (χ3n) is 4.05. The lowest BCUT2D eigenvalue weighted by atomic mass is 10.1. The van der Waals surface area contributed by atoms with E-state index >= 15 is 0 Å². The number of hydrogen-bond donors (Lipinski definition) is 2. The van der Waals surface area contributed by atoms with Crippen LogP contribution >= 0.6 is 0 Å². The molecule has 2 aromatic carbocycles. The summed E-state index contributed by atoms with van der Waals surface area (Å²) in [5.41, 5.74) is 3.44. The molecule has 5 nitrogen and oxygen atoms in total. The lowest BCUT2D eigenvalue weighted by molar-refractivity contribution is -0.116. The highest BCUT2D eigenvalue weighted by atomic mass is 16.5. The van der Waals surface area contributed by atoms with Gasteiger partial charge in [0.2, 0.25) is 5.91 Å². The lowest BCUT2D eigenvalue weighted by Gasteiger charge is -2.11. The fourth-order valence-corrected chi connectivity index (χ4v) is 2.69. The average molecular weight is 324 g/mol. The van der Waals surface area contributed by atoms with Gasteiger partial charge in [-0.15, -0.1) is 0 Å². The van der Waals surface area contributed by atoms with Crippen molar-refractivity contribution in [2.45, 2.75) is 20.1 Å². The largest absolute Gasteiger partial charge is 0.497 e. The number of amides is 1. The number of nitrogens with zero attached hydrogens (tertiary/aromatic N) is 1. The molecule has 5 heteroatoms. The summed E-state index contributed by atoms with van der Waals surface area (Å²) < 4.78 is 7.12. The van der Waals surface area contributed by atoms with Crippen LogP contribution in [0.5, 0.6) is 5.75 Å². The third kappa shape index (κ3) is 3.26. The third-order valence-corrected chi connectivity index (χ3v) is 4.05. The summed E-state index contributed by atoms with van der Waals surface area (Å²) in [5.74, 6) is 0.683. The normalized spacial score (nSPS) is 10.8. The Kier molecular flexibility index (Phi) is 4.53. The molecular weight excluding hydrogens is 304 g/mol. The summed E-state index contributed by atoms with van der Waals surface area (Å²) in [4.78, 5) is 12.4. The van der Waals surface area contributed by atoms with Gasteiger partial charge in [0, 0.05) is 22.8 Å². The van der Waals surface area contributed by atoms with Crippen LogP contribution in [0.25, 0.3) is 10.9 Å². The average Bonchev–Trinajstić information content (AvgIpc) is 2.98. The van der Waals surface area contributed by atoms with Crippen LogP contribution in [0.3, 0.4) is 0 Å². The first-order valence-corrected chi connectivity index (χ1v) is 7.74. The van der Waals surface area contributed by atoms with Crippen molar-refractivity contribution < 1.29 is 14.6 Å². The lowest BCUT2D eigenvalue weighted by Crippen LogP contribution is -2.18. The molecule has 0 saturated heterocycles. The SMILES string of the molecule is COc1ccc2c(ccn2CC(=O)Nc2cc(CO)ccc2C)c1. The van der Waals surface area contributed by atoms with E-state index in [2.05, 4.69) is 5.32 Å². The van der Waals surface area contributed by atoms with E-state index in [9.17, 15) is 9.90 Å². The van der Waals surface area contributed by atoms with Gasteiger partial charge in [0.15, 0.2) is 0 Å². The fraction of sp³-hybridized carbons (Fsp3) is 0.211. The fourth-order valence-electron chi connectivity index (χ4n) is 2.69. The summed E-state index contributed by atoms with van der Waals surface area (Å²) in [5, 5.41) is 13.2. The van der Waals surface area contributed by atoms with Crippen LogP contribution in [0, 0.1) is 6.92 Å². The van der Waals surface area contributed by atoms with E-state index in [0.29, 0.717) is 0 Å². The molecule has 0 fully saturated rings. The number of carbonyl (C=O) groups is 1. The predicted octanol–water partition coefficient (Wildman–Crippen LogP) is 3.09. The Hall–Kier alpha value is -2.79. The number of ether oxygens (including phenoxy) is 1. The molecule has 0 bridgehead atoms.